The van der Waals surface area contributed by atoms with Crippen LogP contribution in [-0.2, 0) is 6.42 Å². The van der Waals surface area contributed by atoms with Gasteiger partial charge in [-0.1, -0.05) is 20.3 Å². The lowest BCUT2D eigenvalue weighted by Gasteiger charge is -2.36. The summed E-state index contributed by atoms with van der Waals surface area (Å²) < 4.78 is 0. The van der Waals surface area contributed by atoms with E-state index in [0.717, 1.165) is 18.4 Å². The van der Waals surface area contributed by atoms with Crippen LogP contribution in [-0.4, -0.2) is 17.6 Å². The molecule has 1 aliphatic rings. The summed E-state index contributed by atoms with van der Waals surface area (Å²) in [5, 5.41) is 5.04. The van der Waals surface area contributed by atoms with Gasteiger partial charge in [-0.15, -0.1) is 11.3 Å². The molecule has 0 aromatic carbocycles. The van der Waals surface area contributed by atoms with Crippen molar-refractivity contribution in [3.05, 3.63) is 15.6 Å². The van der Waals surface area contributed by atoms with Gasteiger partial charge in [0.15, 0.2) is 0 Å². The van der Waals surface area contributed by atoms with Crippen molar-refractivity contribution in [3.8, 4) is 0 Å². The quantitative estimate of drug-likeness (QED) is 0.878. The van der Waals surface area contributed by atoms with Gasteiger partial charge in [-0.25, -0.2) is 4.98 Å². The third-order valence-electron chi connectivity index (χ3n) is 4.64. The molecule has 1 aromatic heterocycles. The number of thiazole rings is 1. The Balaban J connectivity index is 2.04. The van der Waals surface area contributed by atoms with Crippen molar-refractivity contribution in [2.45, 2.75) is 65.8 Å². The second kappa shape index (κ2) is 6.85. The molecule has 0 amide bonds. The van der Waals surface area contributed by atoms with E-state index in [4.69, 9.17) is 4.98 Å². The van der Waals surface area contributed by atoms with E-state index in [-0.39, 0.29) is 0 Å². The molecule has 1 aromatic rings. The maximum Gasteiger partial charge on any atom is 0.0934 e. The van der Waals surface area contributed by atoms with E-state index in [1.165, 1.54) is 47.7 Å². The van der Waals surface area contributed by atoms with Crippen LogP contribution in [0.25, 0.3) is 0 Å². The zero-order valence-electron chi connectivity index (χ0n) is 12.8. The molecule has 0 aliphatic heterocycles. The third-order valence-corrected chi connectivity index (χ3v) is 5.74. The van der Waals surface area contributed by atoms with Crippen LogP contribution in [0.3, 0.4) is 0 Å². The smallest absolute Gasteiger partial charge is 0.0934 e. The summed E-state index contributed by atoms with van der Waals surface area (Å²) >= 11 is 1.90. The SMILES string of the molecule is CCNC1CCC(CC)CC1Cc1nc(C)c(C)s1. The molecule has 0 spiro atoms. The van der Waals surface area contributed by atoms with Gasteiger partial charge in [-0.05, 0) is 51.5 Å². The van der Waals surface area contributed by atoms with E-state index in [1.54, 1.807) is 0 Å². The van der Waals surface area contributed by atoms with Crippen molar-refractivity contribution in [2.75, 3.05) is 6.54 Å². The Bertz CT molecular complexity index is 380. The second-order valence-electron chi connectivity index (χ2n) is 5.96. The Morgan fingerprint density at radius 3 is 2.63 bits per heavy atom. The van der Waals surface area contributed by atoms with Crippen molar-refractivity contribution >= 4 is 11.3 Å². The molecule has 1 N–H and O–H groups in total. The number of nitrogens with one attached hydrogen (secondary N) is 1. The standard InChI is InChI=1S/C16H28N2S/c1-5-13-7-8-15(17-6-2)14(9-13)10-16-18-11(3)12(4)19-16/h13-15,17H,5-10H2,1-4H3. The average molecular weight is 280 g/mol. The predicted octanol–water partition coefficient (Wildman–Crippen LogP) is 4.11. The minimum atomic E-state index is 0.706. The monoisotopic (exact) mass is 280 g/mol. The minimum Gasteiger partial charge on any atom is -0.314 e. The third kappa shape index (κ3) is 3.79. The summed E-state index contributed by atoms with van der Waals surface area (Å²) in [6.45, 7) is 9.97. The molecule has 1 aliphatic carbocycles. The number of aromatic nitrogens is 1. The van der Waals surface area contributed by atoms with Crippen molar-refractivity contribution < 1.29 is 0 Å². The van der Waals surface area contributed by atoms with Crippen LogP contribution in [0, 0.1) is 25.7 Å². The van der Waals surface area contributed by atoms with Crippen LogP contribution < -0.4 is 5.32 Å². The molecule has 0 radical (unpaired) electrons. The molecule has 1 saturated carbocycles. The van der Waals surface area contributed by atoms with Crippen LogP contribution in [0.2, 0.25) is 0 Å². The lowest BCUT2D eigenvalue weighted by atomic mass is 9.75. The molecule has 0 saturated heterocycles. The van der Waals surface area contributed by atoms with Gasteiger partial charge in [-0.3, -0.25) is 0 Å². The van der Waals surface area contributed by atoms with Crippen molar-refractivity contribution in [3.63, 3.8) is 0 Å². The summed E-state index contributed by atoms with van der Waals surface area (Å²) in [5.74, 6) is 1.71. The normalized spacial score (nSPS) is 27.7. The number of rotatable bonds is 5. The van der Waals surface area contributed by atoms with Gasteiger partial charge in [0.25, 0.3) is 0 Å². The summed E-state index contributed by atoms with van der Waals surface area (Å²) in [6, 6.07) is 0.706. The highest BCUT2D eigenvalue weighted by Gasteiger charge is 2.30. The number of hydrogen-bond donors (Lipinski definition) is 1. The minimum absolute atomic E-state index is 0.706. The molecule has 2 nitrogen and oxygen atoms in total. The Labute approximate surface area is 122 Å². The number of hydrogen-bond acceptors (Lipinski definition) is 3. The van der Waals surface area contributed by atoms with Gasteiger partial charge in [0.2, 0.25) is 0 Å². The van der Waals surface area contributed by atoms with E-state index in [1.807, 2.05) is 11.3 Å². The molecule has 3 unspecified atom stereocenters. The zero-order chi connectivity index (χ0) is 13.8. The van der Waals surface area contributed by atoms with Crippen LogP contribution in [0.1, 0.15) is 55.1 Å². The van der Waals surface area contributed by atoms with Gasteiger partial charge < -0.3 is 5.32 Å². The van der Waals surface area contributed by atoms with Gasteiger partial charge in [-0.2, -0.15) is 0 Å². The van der Waals surface area contributed by atoms with E-state index in [9.17, 15) is 0 Å². The first-order chi connectivity index (χ1) is 9.13. The Kier molecular flexibility index (Phi) is 5.40. The maximum atomic E-state index is 4.74. The predicted molar refractivity (Wildman–Crippen MR) is 83.9 cm³/mol. The average Bonchev–Trinajstić information content (AvgIpc) is 2.70. The number of nitrogens with zero attached hydrogens (tertiary/aromatic N) is 1. The topological polar surface area (TPSA) is 24.9 Å². The van der Waals surface area contributed by atoms with E-state index < -0.39 is 0 Å². The first-order valence-electron chi connectivity index (χ1n) is 7.80. The van der Waals surface area contributed by atoms with E-state index >= 15 is 0 Å². The zero-order valence-corrected chi connectivity index (χ0v) is 13.6. The number of aryl methyl sites for hydroxylation is 2. The molecule has 3 heteroatoms. The highest BCUT2D eigenvalue weighted by Crippen LogP contribution is 2.34. The van der Waals surface area contributed by atoms with Gasteiger partial charge in [0.05, 0.1) is 10.7 Å². The molecule has 108 valence electrons. The van der Waals surface area contributed by atoms with Crippen LogP contribution >= 0.6 is 11.3 Å². The fourth-order valence-corrected chi connectivity index (χ4v) is 4.37. The Morgan fingerprint density at radius 2 is 2.05 bits per heavy atom. The summed E-state index contributed by atoms with van der Waals surface area (Å²) in [7, 11) is 0. The van der Waals surface area contributed by atoms with E-state index in [0.29, 0.717) is 6.04 Å². The largest absolute Gasteiger partial charge is 0.314 e. The second-order valence-corrected chi connectivity index (χ2v) is 7.25. The molecular weight excluding hydrogens is 252 g/mol. The van der Waals surface area contributed by atoms with Gasteiger partial charge >= 0.3 is 0 Å². The van der Waals surface area contributed by atoms with Crippen molar-refractivity contribution in [2.24, 2.45) is 11.8 Å². The first kappa shape index (κ1) is 15.0. The highest BCUT2D eigenvalue weighted by molar-refractivity contribution is 7.11. The van der Waals surface area contributed by atoms with E-state index in [2.05, 4.69) is 33.0 Å². The molecular formula is C16H28N2S. The lowest BCUT2D eigenvalue weighted by molar-refractivity contribution is 0.200. The summed E-state index contributed by atoms with van der Waals surface area (Å²) in [5.41, 5.74) is 1.22. The fourth-order valence-electron chi connectivity index (χ4n) is 3.34. The Morgan fingerprint density at radius 1 is 1.26 bits per heavy atom. The van der Waals surface area contributed by atoms with Crippen LogP contribution in [0.15, 0.2) is 0 Å². The van der Waals surface area contributed by atoms with Crippen molar-refractivity contribution in [1.29, 1.82) is 0 Å². The van der Waals surface area contributed by atoms with Crippen LogP contribution in [0.5, 0.6) is 0 Å². The Hall–Kier alpha value is -0.410. The molecule has 3 atom stereocenters. The molecule has 0 bridgehead atoms. The van der Waals surface area contributed by atoms with Crippen molar-refractivity contribution in [1.82, 2.24) is 10.3 Å². The molecule has 1 fully saturated rings. The lowest BCUT2D eigenvalue weighted by Crippen LogP contribution is -2.41. The first-order valence-corrected chi connectivity index (χ1v) is 8.61. The molecule has 1 heterocycles. The molecule has 19 heavy (non-hydrogen) atoms. The van der Waals surface area contributed by atoms with Crippen LogP contribution in [0.4, 0.5) is 0 Å². The van der Waals surface area contributed by atoms with Gasteiger partial charge in [0.1, 0.15) is 0 Å². The summed E-state index contributed by atoms with van der Waals surface area (Å²) in [4.78, 5) is 6.13. The molecule has 2 rings (SSSR count). The highest BCUT2D eigenvalue weighted by atomic mass is 32.1. The summed E-state index contributed by atoms with van der Waals surface area (Å²) in [6.07, 6.45) is 6.64. The van der Waals surface area contributed by atoms with Gasteiger partial charge in [0, 0.05) is 17.3 Å². The fraction of sp³-hybridized carbons (Fsp3) is 0.812. The maximum absolute atomic E-state index is 4.74.